The Morgan fingerprint density at radius 3 is 2.19 bits per heavy atom. The number of rotatable bonds is 5. The number of hydrogen-bond donors (Lipinski definition) is 2. The Labute approximate surface area is 98.9 Å². The van der Waals surface area contributed by atoms with E-state index < -0.39 is 6.04 Å². The standard InChI is InChI=1S/C12H26N2O2/c1-8(2)10(13)11(15)14-7-9(16-6)12(3,4)5/h8-10H,7,13H2,1-6H3,(H,14,15)/t9?,10-/m0/s1. The first-order valence-corrected chi connectivity index (χ1v) is 5.76. The van der Waals surface area contributed by atoms with E-state index in [1.54, 1.807) is 7.11 Å². The van der Waals surface area contributed by atoms with Crippen molar-refractivity contribution < 1.29 is 9.53 Å². The van der Waals surface area contributed by atoms with Crippen LogP contribution in [0.15, 0.2) is 0 Å². The second-order valence-corrected chi connectivity index (χ2v) is 5.61. The summed E-state index contributed by atoms with van der Waals surface area (Å²) < 4.78 is 5.35. The van der Waals surface area contributed by atoms with Crippen LogP contribution >= 0.6 is 0 Å². The van der Waals surface area contributed by atoms with Crippen LogP contribution in [0.4, 0.5) is 0 Å². The van der Waals surface area contributed by atoms with E-state index in [4.69, 9.17) is 10.5 Å². The van der Waals surface area contributed by atoms with Crippen molar-refractivity contribution in [2.24, 2.45) is 17.1 Å². The van der Waals surface area contributed by atoms with Crippen molar-refractivity contribution in [1.82, 2.24) is 5.32 Å². The third-order valence-electron chi connectivity index (χ3n) is 2.73. The van der Waals surface area contributed by atoms with E-state index in [0.29, 0.717) is 6.54 Å². The van der Waals surface area contributed by atoms with Gasteiger partial charge in [0.2, 0.25) is 5.91 Å². The second kappa shape index (κ2) is 6.21. The van der Waals surface area contributed by atoms with Crippen LogP contribution in [-0.4, -0.2) is 31.7 Å². The molecule has 0 bridgehead atoms. The SMILES string of the molecule is COC(CNC(=O)[C@@H](N)C(C)C)C(C)(C)C. The van der Waals surface area contributed by atoms with Crippen LogP contribution in [0, 0.1) is 11.3 Å². The van der Waals surface area contributed by atoms with Gasteiger partial charge in [0.25, 0.3) is 0 Å². The molecule has 4 heteroatoms. The van der Waals surface area contributed by atoms with Gasteiger partial charge in [0.1, 0.15) is 0 Å². The molecule has 0 aliphatic rings. The third-order valence-corrected chi connectivity index (χ3v) is 2.73. The molecule has 2 atom stereocenters. The minimum Gasteiger partial charge on any atom is -0.379 e. The third kappa shape index (κ3) is 4.94. The highest BCUT2D eigenvalue weighted by Gasteiger charge is 2.26. The van der Waals surface area contributed by atoms with E-state index in [9.17, 15) is 4.79 Å². The van der Waals surface area contributed by atoms with Crippen LogP contribution in [0.3, 0.4) is 0 Å². The van der Waals surface area contributed by atoms with Gasteiger partial charge < -0.3 is 15.8 Å². The van der Waals surface area contributed by atoms with E-state index in [1.807, 2.05) is 13.8 Å². The summed E-state index contributed by atoms with van der Waals surface area (Å²) >= 11 is 0. The maximum atomic E-state index is 11.6. The average molecular weight is 230 g/mol. The van der Waals surface area contributed by atoms with Crippen molar-refractivity contribution in [3.63, 3.8) is 0 Å². The Morgan fingerprint density at radius 1 is 1.38 bits per heavy atom. The first-order chi connectivity index (χ1) is 7.20. The lowest BCUT2D eigenvalue weighted by Gasteiger charge is -2.30. The van der Waals surface area contributed by atoms with Crippen molar-refractivity contribution in [3.05, 3.63) is 0 Å². The Hall–Kier alpha value is -0.610. The normalized spacial score (nSPS) is 16.0. The maximum Gasteiger partial charge on any atom is 0.237 e. The van der Waals surface area contributed by atoms with Crippen LogP contribution in [0.1, 0.15) is 34.6 Å². The van der Waals surface area contributed by atoms with E-state index in [-0.39, 0.29) is 23.3 Å². The van der Waals surface area contributed by atoms with E-state index in [1.165, 1.54) is 0 Å². The zero-order valence-corrected chi connectivity index (χ0v) is 11.3. The fourth-order valence-corrected chi connectivity index (χ4v) is 1.36. The van der Waals surface area contributed by atoms with Crippen molar-refractivity contribution in [1.29, 1.82) is 0 Å². The number of hydrogen-bond acceptors (Lipinski definition) is 3. The molecule has 0 spiro atoms. The van der Waals surface area contributed by atoms with Gasteiger partial charge in [0, 0.05) is 13.7 Å². The molecule has 96 valence electrons. The molecule has 0 saturated carbocycles. The van der Waals surface area contributed by atoms with Crippen LogP contribution in [0.2, 0.25) is 0 Å². The Morgan fingerprint density at radius 2 is 1.88 bits per heavy atom. The van der Waals surface area contributed by atoms with Crippen molar-refractivity contribution in [2.45, 2.75) is 46.8 Å². The number of carbonyl (C=O) groups is 1. The largest absolute Gasteiger partial charge is 0.379 e. The summed E-state index contributed by atoms with van der Waals surface area (Å²) in [5.41, 5.74) is 5.75. The van der Waals surface area contributed by atoms with Crippen molar-refractivity contribution >= 4 is 5.91 Å². The molecule has 0 rings (SSSR count). The maximum absolute atomic E-state index is 11.6. The fourth-order valence-electron chi connectivity index (χ4n) is 1.36. The predicted molar refractivity (Wildman–Crippen MR) is 66.1 cm³/mol. The number of carbonyl (C=O) groups excluding carboxylic acids is 1. The first kappa shape index (κ1) is 15.4. The summed E-state index contributed by atoms with van der Waals surface area (Å²) in [6, 6.07) is -0.447. The van der Waals surface area contributed by atoms with E-state index >= 15 is 0 Å². The zero-order chi connectivity index (χ0) is 12.9. The highest BCUT2D eigenvalue weighted by Crippen LogP contribution is 2.20. The summed E-state index contributed by atoms with van der Waals surface area (Å²) in [5, 5.41) is 2.83. The second-order valence-electron chi connectivity index (χ2n) is 5.61. The molecule has 0 saturated heterocycles. The van der Waals surface area contributed by atoms with Crippen LogP contribution in [0.25, 0.3) is 0 Å². The van der Waals surface area contributed by atoms with Gasteiger partial charge in [0.05, 0.1) is 12.1 Å². The molecule has 0 aliphatic carbocycles. The molecule has 4 nitrogen and oxygen atoms in total. The summed E-state index contributed by atoms with van der Waals surface area (Å²) in [4.78, 5) is 11.6. The molecule has 3 N–H and O–H groups in total. The summed E-state index contributed by atoms with van der Waals surface area (Å²) in [7, 11) is 1.66. The topological polar surface area (TPSA) is 64.3 Å². The number of nitrogens with two attached hydrogens (primary N) is 1. The number of amides is 1. The summed E-state index contributed by atoms with van der Waals surface area (Å²) in [6.07, 6.45) is -0.00388. The van der Waals surface area contributed by atoms with E-state index in [2.05, 4.69) is 26.1 Å². The molecule has 1 unspecified atom stereocenters. The zero-order valence-electron chi connectivity index (χ0n) is 11.3. The first-order valence-electron chi connectivity index (χ1n) is 5.76. The van der Waals surface area contributed by atoms with Gasteiger partial charge in [-0.1, -0.05) is 34.6 Å². The monoisotopic (exact) mass is 230 g/mol. The van der Waals surface area contributed by atoms with Gasteiger partial charge in [-0.15, -0.1) is 0 Å². The number of nitrogens with one attached hydrogen (secondary N) is 1. The van der Waals surface area contributed by atoms with Gasteiger partial charge in [-0.3, -0.25) is 4.79 Å². The molecule has 16 heavy (non-hydrogen) atoms. The average Bonchev–Trinajstić information content (AvgIpc) is 2.14. The Kier molecular flexibility index (Phi) is 5.97. The lowest BCUT2D eigenvalue weighted by molar-refractivity contribution is -0.124. The number of ether oxygens (including phenoxy) is 1. The molecule has 1 amide bonds. The van der Waals surface area contributed by atoms with Crippen LogP contribution < -0.4 is 11.1 Å². The lowest BCUT2D eigenvalue weighted by Crippen LogP contribution is -2.48. The smallest absolute Gasteiger partial charge is 0.237 e. The van der Waals surface area contributed by atoms with Gasteiger partial charge in [-0.2, -0.15) is 0 Å². The molecule has 0 radical (unpaired) electrons. The van der Waals surface area contributed by atoms with Crippen LogP contribution in [0.5, 0.6) is 0 Å². The minimum absolute atomic E-state index is 0.00388. The molecule has 0 aliphatic heterocycles. The van der Waals surface area contributed by atoms with Gasteiger partial charge in [0.15, 0.2) is 0 Å². The molecule has 0 aromatic heterocycles. The highest BCUT2D eigenvalue weighted by atomic mass is 16.5. The van der Waals surface area contributed by atoms with Gasteiger partial charge in [-0.25, -0.2) is 0 Å². The van der Waals surface area contributed by atoms with Crippen LogP contribution in [-0.2, 0) is 9.53 Å². The Bertz CT molecular complexity index is 222. The summed E-state index contributed by atoms with van der Waals surface area (Å²) in [5.74, 6) is 0.0388. The lowest BCUT2D eigenvalue weighted by atomic mass is 9.89. The van der Waals surface area contributed by atoms with Crippen molar-refractivity contribution in [3.8, 4) is 0 Å². The molecule has 0 heterocycles. The predicted octanol–water partition coefficient (Wildman–Crippen LogP) is 1.15. The van der Waals surface area contributed by atoms with Gasteiger partial charge in [-0.05, 0) is 11.3 Å². The van der Waals surface area contributed by atoms with Gasteiger partial charge >= 0.3 is 0 Å². The van der Waals surface area contributed by atoms with Crippen molar-refractivity contribution in [2.75, 3.05) is 13.7 Å². The molecular weight excluding hydrogens is 204 g/mol. The van der Waals surface area contributed by atoms with E-state index in [0.717, 1.165) is 0 Å². The molecule has 0 aromatic carbocycles. The molecular formula is C12H26N2O2. The fraction of sp³-hybridized carbons (Fsp3) is 0.917. The quantitative estimate of drug-likeness (QED) is 0.744. The highest BCUT2D eigenvalue weighted by molar-refractivity contribution is 5.81. The summed E-state index contributed by atoms with van der Waals surface area (Å²) in [6.45, 7) is 10.6. The number of methoxy groups -OCH3 is 1. The molecule has 0 fully saturated rings. The minimum atomic E-state index is -0.447. The molecule has 0 aromatic rings. The Balaban J connectivity index is 4.18.